The highest BCUT2D eigenvalue weighted by Crippen LogP contribution is 2.27. The lowest BCUT2D eigenvalue weighted by Crippen LogP contribution is -2.40. The van der Waals surface area contributed by atoms with Gasteiger partial charge in [-0.1, -0.05) is 0 Å². The van der Waals surface area contributed by atoms with Gasteiger partial charge in [0.1, 0.15) is 0 Å². The van der Waals surface area contributed by atoms with Crippen molar-refractivity contribution in [2.24, 2.45) is 0 Å². The molecule has 0 bridgehead atoms. The lowest BCUT2D eigenvalue weighted by molar-refractivity contribution is -0.0112. The summed E-state index contributed by atoms with van der Waals surface area (Å²) in [5.74, 6) is 0.495. The van der Waals surface area contributed by atoms with Crippen LogP contribution in [0.3, 0.4) is 0 Å². The van der Waals surface area contributed by atoms with Crippen LogP contribution in [0.4, 0.5) is 0 Å². The van der Waals surface area contributed by atoms with Crippen molar-refractivity contribution in [3.05, 3.63) is 18.0 Å². The molecule has 0 unspecified atom stereocenters. The third kappa shape index (κ3) is 5.05. The summed E-state index contributed by atoms with van der Waals surface area (Å²) in [5.41, 5.74) is 1.22. The van der Waals surface area contributed by atoms with Gasteiger partial charge in [0, 0.05) is 24.4 Å². The number of aromatic nitrogens is 2. The van der Waals surface area contributed by atoms with Gasteiger partial charge in [-0.25, -0.2) is 0 Å². The highest BCUT2D eigenvalue weighted by atomic mass is 16.5. The monoisotopic (exact) mass is 311 g/mol. The maximum Gasteiger partial charge on any atom is 0.0900 e. The number of rotatable bonds is 8. The molecule has 1 fully saturated rings. The summed E-state index contributed by atoms with van der Waals surface area (Å²) in [4.78, 5) is 2.30. The summed E-state index contributed by atoms with van der Waals surface area (Å²) in [6.07, 6.45) is 3.68. The predicted molar refractivity (Wildman–Crippen MR) is 84.8 cm³/mol. The van der Waals surface area contributed by atoms with E-state index in [4.69, 9.17) is 9.84 Å². The molecule has 2 rings (SSSR count). The Morgan fingerprint density at radius 3 is 2.73 bits per heavy atom. The molecule has 0 aromatic carbocycles. The van der Waals surface area contributed by atoms with Crippen LogP contribution < -0.4 is 0 Å². The molecule has 0 amide bonds. The van der Waals surface area contributed by atoms with E-state index in [9.17, 15) is 5.11 Å². The molecule has 0 aliphatic carbocycles. The first-order valence-corrected chi connectivity index (χ1v) is 8.24. The molecule has 0 radical (unpaired) electrons. The molecule has 1 aromatic heterocycles. The Hall–Kier alpha value is -0.950. The average Bonchev–Trinajstić information content (AvgIpc) is 2.95. The Morgan fingerprint density at radius 1 is 1.36 bits per heavy atom. The minimum atomic E-state index is -0.418. The van der Waals surface area contributed by atoms with E-state index in [2.05, 4.69) is 16.1 Å². The summed E-state index contributed by atoms with van der Waals surface area (Å²) in [7, 11) is 0. The number of ether oxygens (including phenoxy) is 1. The van der Waals surface area contributed by atoms with E-state index in [0.717, 1.165) is 25.9 Å². The van der Waals surface area contributed by atoms with Gasteiger partial charge in [-0.3, -0.25) is 4.68 Å². The summed E-state index contributed by atoms with van der Waals surface area (Å²) in [5, 5.41) is 23.4. The van der Waals surface area contributed by atoms with Gasteiger partial charge in [-0.2, -0.15) is 5.10 Å². The van der Waals surface area contributed by atoms with E-state index >= 15 is 0 Å². The van der Waals surface area contributed by atoms with Crippen LogP contribution in [0.25, 0.3) is 0 Å². The van der Waals surface area contributed by atoms with E-state index in [-0.39, 0.29) is 12.7 Å². The molecule has 1 aliphatic heterocycles. The number of likely N-dealkylation sites (tertiary alicyclic amines) is 1. The Labute approximate surface area is 132 Å². The minimum Gasteiger partial charge on any atom is -0.394 e. The molecule has 6 heteroatoms. The van der Waals surface area contributed by atoms with Crippen LogP contribution in [-0.4, -0.2) is 69.9 Å². The molecule has 22 heavy (non-hydrogen) atoms. The molecule has 0 spiro atoms. The SMILES string of the molecule is CC(C)OC[C@H](O)CN1CCC(c2ccnn2CCO)CC1. The zero-order valence-electron chi connectivity index (χ0n) is 13.7. The highest BCUT2D eigenvalue weighted by Gasteiger charge is 2.24. The Balaban J connectivity index is 1.76. The Morgan fingerprint density at radius 2 is 2.09 bits per heavy atom. The highest BCUT2D eigenvalue weighted by molar-refractivity contribution is 5.09. The van der Waals surface area contributed by atoms with E-state index in [1.54, 1.807) is 0 Å². The molecule has 0 saturated carbocycles. The van der Waals surface area contributed by atoms with Crippen LogP contribution >= 0.6 is 0 Å². The van der Waals surface area contributed by atoms with Crippen LogP contribution in [-0.2, 0) is 11.3 Å². The van der Waals surface area contributed by atoms with Crippen molar-refractivity contribution in [3.63, 3.8) is 0 Å². The number of piperidine rings is 1. The largest absolute Gasteiger partial charge is 0.394 e. The van der Waals surface area contributed by atoms with Crippen molar-refractivity contribution in [3.8, 4) is 0 Å². The zero-order valence-corrected chi connectivity index (χ0v) is 13.7. The molecule has 1 aromatic rings. The average molecular weight is 311 g/mol. The van der Waals surface area contributed by atoms with Crippen LogP contribution in [0.15, 0.2) is 12.3 Å². The predicted octanol–water partition coefficient (Wildman–Crippen LogP) is 0.841. The third-order valence-corrected chi connectivity index (χ3v) is 4.16. The lowest BCUT2D eigenvalue weighted by Gasteiger charge is -2.33. The first-order chi connectivity index (χ1) is 10.6. The van der Waals surface area contributed by atoms with Gasteiger partial charge in [0.2, 0.25) is 0 Å². The quantitative estimate of drug-likeness (QED) is 0.744. The Kier molecular flexibility index (Phi) is 6.82. The third-order valence-electron chi connectivity index (χ3n) is 4.16. The fourth-order valence-corrected chi connectivity index (χ4v) is 3.04. The van der Waals surface area contributed by atoms with E-state index in [1.165, 1.54) is 5.69 Å². The van der Waals surface area contributed by atoms with Crippen molar-refractivity contribution >= 4 is 0 Å². The van der Waals surface area contributed by atoms with Crippen LogP contribution in [0.5, 0.6) is 0 Å². The van der Waals surface area contributed by atoms with E-state index < -0.39 is 6.10 Å². The second-order valence-electron chi connectivity index (χ2n) is 6.31. The van der Waals surface area contributed by atoms with E-state index in [1.807, 2.05) is 24.7 Å². The van der Waals surface area contributed by atoms with Crippen LogP contribution in [0, 0.1) is 0 Å². The normalized spacial score (nSPS) is 19.0. The summed E-state index contributed by atoms with van der Waals surface area (Å²) in [6, 6.07) is 2.06. The molecule has 1 atom stereocenters. The molecular formula is C16H29N3O3. The smallest absolute Gasteiger partial charge is 0.0900 e. The molecular weight excluding hydrogens is 282 g/mol. The number of hydrogen-bond donors (Lipinski definition) is 2. The standard InChI is InChI=1S/C16H29N3O3/c1-13(2)22-12-15(21)11-18-7-4-14(5-8-18)16-3-6-17-19(16)9-10-20/h3,6,13-15,20-21H,4-5,7-12H2,1-2H3/t15-/m1/s1. The van der Waals surface area contributed by atoms with Crippen molar-refractivity contribution in [2.75, 3.05) is 32.8 Å². The van der Waals surface area contributed by atoms with Crippen LogP contribution in [0.1, 0.15) is 38.3 Å². The second-order valence-corrected chi connectivity index (χ2v) is 6.31. The minimum absolute atomic E-state index is 0.121. The summed E-state index contributed by atoms with van der Waals surface area (Å²) < 4.78 is 7.36. The molecule has 2 N–H and O–H groups in total. The lowest BCUT2D eigenvalue weighted by atomic mass is 9.93. The van der Waals surface area contributed by atoms with E-state index in [0.29, 0.717) is 25.6 Å². The van der Waals surface area contributed by atoms with Gasteiger partial charge < -0.3 is 19.8 Å². The number of β-amino-alcohol motifs (C(OH)–C–C–N with tert-alkyl or cyclic N) is 1. The van der Waals surface area contributed by atoms with Gasteiger partial charge in [0.15, 0.2) is 0 Å². The molecule has 1 saturated heterocycles. The van der Waals surface area contributed by atoms with Gasteiger partial charge in [-0.05, 0) is 45.8 Å². The molecule has 2 heterocycles. The number of aliphatic hydroxyl groups is 2. The van der Waals surface area contributed by atoms with Crippen molar-refractivity contribution < 1.29 is 14.9 Å². The van der Waals surface area contributed by atoms with Gasteiger partial charge in [0.25, 0.3) is 0 Å². The van der Waals surface area contributed by atoms with Crippen LogP contribution in [0.2, 0.25) is 0 Å². The maximum absolute atomic E-state index is 10.0. The zero-order chi connectivity index (χ0) is 15.9. The first-order valence-electron chi connectivity index (χ1n) is 8.24. The molecule has 6 nitrogen and oxygen atoms in total. The topological polar surface area (TPSA) is 70.8 Å². The second kappa shape index (κ2) is 8.62. The number of hydrogen-bond acceptors (Lipinski definition) is 5. The summed E-state index contributed by atoms with van der Waals surface area (Å²) >= 11 is 0. The molecule has 1 aliphatic rings. The van der Waals surface area contributed by atoms with Crippen molar-refractivity contribution in [1.82, 2.24) is 14.7 Å². The van der Waals surface area contributed by atoms with Crippen molar-refractivity contribution in [1.29, 1.82) is 0 Å². The Bertz CT molecular complexity index is 428. The van der Waals surface area contributed by atoms with Gasteiger partial charge in [-0.15, -0.1) is 0 Å². The van der Waals surface area contributed by atoms with Gasteiger partial charge >= 0.3 is 0 Å². The molecule has 126 valence electrons. The number of nitrogens with zero attached hydrogens (tertiary/aromatic N) is 3. The van der Waals surface area contributed by atoms with Gasteiger partial charge in [0.05, 0.1) is 32.0 Å². The maximum atomic E-state index is 10.0. The fourth-order valence-electron chi connectivity index (χ4n) is 3.04. The fraction of sp³-hybridized carbons (Fsp3) is 0.812. The van der Waals surface area contributed by atoms with Crippen molar-refractivity contribution in [2.45, 2.75) is 51.4 Å². The summed E-state index contributed by atoms with van der Waals surface area (Å²) in [6.45, 7) is 7.68. The number of aliphatic hydroxyl groups excluding tert-OH is 2. The first kappa shape index (κ1) is 17.4.